The Kier molecular flexibility index (Phi) is 6.55. The number of rotatable bonds is 8. The van der Waals surface area contributed by atoms with Gasteiger partial charge >= 0.3 is 0 Å². The zero-order valence-electron chi connectivity index (χ0n) is 16.3. The molecule has 0 saturated heterocycles. The van der Waals surface area contributed by atoms with Gasteiger partial charge in [0.2, 0.25) is 0 Å². The summed E-state index contributed by atoms with van der Waals surface area (Å²) < 4.78 is 0. The first-order valence-corrected chi connectivity index (χ1v) is 9.01. The largest absolute Gasteiger partial charge is 0.393 e. The van der Waals surface area contributed by atoms with Crippen LogP contribution in [0.3, 0.4) is 0 Å². The van der Waals surface area contributed by atoms with Crippen LogP contribution < -0.4 is 16.0 Å². The molecule has 6 nitrogen and oxygen atoms in total. The number of anilines is 4. The van der Waals surface area contributed by atoms with Crippen LogP contribution in [0.1, 0.15) is 45.0 Å². The second-order valence-electron chi connectivity index (χ2n) is 7.41. The second-order valence-corrected chi connectivity index (χ2v) is 7.41. The number of nitrogens with one attached hydrogen (secondary N) is 1. The van der Waals surface area contributed by atoms with E-state index in [4.69, 9.17) is 5.73 Å². The summed E-state index contributed by atoms with van der Waals surface area (Å²) in [5, 5.41) is 3.23. The summed E-state index contributed by atoms with van der Waals surface area (Å²) >= 11 is 0. The van der Waals surface area contributed by atoms with Gasteiger partial charge in [-0.3, -0.25) is 4.79 Å². The Bertz CT molecular complexity index is 730. The quantitative estimate of drug-likeness (QED) is 0.693. The molecule has 1 aromatic carbocycles. The van der Waals surface area contributed by atoms with E-state index in [1.54, 1.807) is 19.1 Å². The standard InChI is InChI=1S/C20H29N5O/c1-13(2)10-25(11-14(3)4)20-18(21)19(22-12-23-20)24-17-8-6-16(7-9-17)15(5)26/h6-9,12-14H,10-11,21H2,1-5H3,(H,22,23,24). The summed E-state index contributed by atoms with van der Waals surface area (Å²) in [5.41, 5.74) is 8.41. The summed E-state index contributed by atoms with van der Waals surface area (Å²) in [7, 11) is 0. The number of carbonyl (C=O) groups is 1. The molecular weight excluding hydrogens is 326 g/mol. The first kappa shape index (κ1) is 19.7. The van der Waals surface area contributed by atoms with Gasteiger partial charge in [-0.05, 0) is 43.0 Å². The minimum absolute atomic E-state index is 0.0402. The molecule has 26 heavy (non-hydrogen) atoms. The predicted octanol–water partition coefficient (Wildman–Crippen LogP) is 4.12. The van der Waals surface area contributed by atoms with Crippen LogP contribution in [0.4, 0.5) is 23.0 Å². The summed E-state index contributed by atoms with van der Waals surface area (Å²) in [6.45, 7) is 12.0. The van der Waals surface area contributed by atoms with Crippen LogP contribution in [0.25, 0.3) is 0 Å². The Morgan fingerprint density at radius 1 is 1.08 bits per heavy atom. The fourth-order valence-electron chi connectivity index (χ4n) is 2.79. The van der Waals surface area contributed by atoms with Crippen LogP contribution >= 0.6 is 0 Å². The molecule has 3 N–H and O–H groups in total. The average molecular weight is 355 g/mol. The molecule has 0 atom stereocenters. The van der Waals surface area contributed by atoms with Gasteiger partial charge < -0.3 is 16.0 Å². The normalized spacial score (nSPS) is 11.0. The summed E-state index contributed by atoms with van der Waals surface area (Å²) in [4.78, 5) is 22.3. The number of nitrogens with zero attached hydrogens (tertiary/aromatic N) is 3. The fraction of sp³-hybridized carbons (Fsp3) is 0.450. The van der Waals surface area contributed by atoms with E-state index in [1.807, 2.05) is 12.1 Å². The van der Waals surface area contributed by atoms with Gasteiger partial charge in [0.05, 0.1) is 0 Å². The van der Waals surface area contributed by atoms with Gasteiger partial charge in [0.1, 0.15) is 12.0 Å². The van der Waals surface area contributed by atoms with E-state index < -0.39 is 0 Å². The van der Waals surface area contributed by atoms with E-state index >= 15 is 0 Å². The van der Waals surface area contributed by atoms with E-state index in [0.29, 0.717) is 28.9 Å². The van der Waals surface area contributed by atoms with Crippen molar-refractivity contribution < 1.29 is 4.79 Å². The topological polar surface area (TPSA) is 84.1 Å². The number of Topliss-reactive ketones (excluding diaryl/α,β-unsaturated/α-hetero) is 1. The van der Waals surface area contributed by atoms with Crippen molar-refractivity contribution in [3.63, 3.8) is 0 Å². The lowest BCUT2D eigenvalue weighted by Gasteiger charge is -2.28. The van der Waals surface area contributed by atoms with E-state index in [0.717, 1.165) is 24.6 Å². The zero-order chi connectivity index (χ0) is 19.3. The third-order valence-electron chi connectivity index (χ3n) is 3.89. The Hall–Kier alpha value is -2.63. The van der Waals surface area contributed by atoms with E-state index in [2.05, 4.69) is 47.9 Å². The highest BCUT2D eigenvalue weighted by Crippen LogP contribution is 2.29. The maximum Gasteiger partial charge on any atom is 0.159 e. The van der Waals surface area contributed by atoms with Gasteiger partial charge in [0.25, 0.3) is 0 Å². The Labute approximate surface area is 155 Å². The molecule has 2 aromatic rings. The molecule has 0 bridgehead atoms. The van der Waals surface area contributed by atoms with Crippen LogP contribution in [0.5, 0.6) is 0 Å². The molecular formula is C20H29N5O. The van der Waals surface area contributed by atoms with Gasteiger partial charge in [-0.1, -0.05) is 27.7 Å². The van der Waals surface area contributed by atoms with E-state index in [9.17, 15) is 4.79 Å². The van der Waals surface area contributed by atoms with Gasteiger partial charge in [0.15, 0.2) is 17.4 Å². The second kappa shape index (κ2) is 8.65. The van der Waals surface area contributed by atoms with Crippen LogP contribution in [-0.2, 0) is 0 Å². The van der Waals surface area contributed by atoms with Gasteiger partial charge in [0, 0.05) is 24.3 Å². The van der Waals surface area contributed by atoms with Crippen LogP contribution in [-0.4, -0.2) is 28.8 Å². The number of nitrogen functional groups attached to an aromatic ring is 1. The van der Waals surface area contributed by atoms with E-state index in [1.165, 1.54) is 6.33 Å². The first-order valence-electron chi connectivity index (χ1n) is 9.01. The van der Waals surface area contributed by atoms with Crippen molar-refractivity contribution in [1.29, 1.82) is 0 Å². The minimum Gasteiger partial charge on any atom is -0.393 e. The van der Waals surface area contributed by atoms with Crippen LogP contribution in [0, 0.1) is 11.8 Å². The molecule has 0 aliphatic rings. The highest BCUT2D eigenvalue weighted by atomic mass is 16.1. The highest BCUT2D eigenvalue weighted by Gasteiger charge is 2.17. The molecule has 1 aromatic heterocycles. The molecule has 0 aliphatic heterocycles. The Morgan fingerprint density at radius 3 is 2.15 bits per heavy atom. The van der Waals surface area contributed by atoms with E-state index in [-0.39, 0.29) is 5.78 Å². The third kappa shape index (κ3) is 5.18. The minimum atomic E-state index is 0.0402. The molecule has 140 valence electrons. The Balaban J connectivity index is 2.27. The molecule has 0 amide bonds. The number of nitrogens with two attached hydrogens (primary N) is 1. The number of hydrogen-bond acceptors (Lipinski definition) is 6. The van der Waals surface area contributed by atoms with Gasteiger partial charge in [-0.2, -0.15) is 0 Å². The third-order valence-corrected chi connectivity index (χ3v) is 3.89. The maximum absolute atomic E-state index is 11.4. The number of hydrogen-bond donors (Lipinski definition) is 2. The lowest BCUT2D eigenvalue weighted by atomic mass is 10.1. The molecule has 0 unspecified atom stereocenters. The van der Waals surface area contributed by atoms with Crippen molar-refractivity contribution in [2.45, 2.75) is 34.6 Å². The number of benzene rings is 1. The highest BCUT2D eigenvalue weighted by molar-refractivity contribution is 5.94. The van der Waals surface area contributed by atoms with Crippen molar-refractivity contribution in [1.82, 2.24) is 9.97 Å². The number of ketones is 1. The summed E-state index contributed by atoms with van der Waals surface area (Å²) in [6.07, 6.45) is 1.53. The monoisotopic (exact) mass is 355 g/mol. The molecule has 1 heterocycles. The molecule has 0 saturated carbocycles. The first-order chi connectivity index (χ1) is 12.3. The smallest absolute Gasteiger partial charge is 0.159 e. The van der Waals surface area contributed by atoms with Gasteiger partial charge in [-0.15, -0.1) is 0 Å². The van der Waals surface area contributed by atoms with Crippen molar-refractivity contribution in [3.8, 4) is 0 Å². The van der Waals surface area contributed by atoms with Crippen molar-refractivity contribution in [2.75, 3.05) is 29.0 Å². The average Bonchev–Trinajstić information content (AvgIpc) is 2.56. The SMILES string of the molecule is CC(=O)c1ccc(Nc2ncnc(N(CC(C)C)CC(C)C)c2N)cc1. The maximum atomic E-state index is 11.4. The molecule has 2 rings (SSSR count). The van der Waals surface area contributed by atoms with Crippen molar-refractivity contribution >= 4 is 28.8 Å². The number of carbonyl (C=O) groups excluding carboxylic acids is 1. The number of aromatic nitrogens is 2. The summed E-state index contributed by atoms with van der Waals surface area (Å²) in [5.74, 6) is 2.36. The predicted molar refractivity (Wildman–Crippen MR) is 108 cm³/mol. The molecule has 0 radical (unpaired) electrons. The van der Waals surface area contributed by atoms with Crippen molar-refractivity contribution in [3.05, 3.63) is 36.2 Å². The lowest BCUT2D eigenvalue weighted by molar-refractivity contribution is 0.101. The molecule has 0 fully saturated rings. The summed E-state index contributed by atoms with van der Waals surface area (Å²) in [6, 6.07) is 7.26. The van der Waals surface area contributed by atoms with Gasteiger partial charge in [-0.25, -0.2) is 9.97 Å². The molecule has 6 heteroatoms. The molecule has 0 spiro atoms. The Morgan fingerprint density at radius 2 is 1.65 bits per heavy atom. The molecule has 0 aliphatic carbocycles. The lowest BCUT2D eigenvalue weighted by Crippen LogP contribution is -2.32. The van der Waals surface area contributed by atoms with Crippen molar-refractivity contribution in [2.24, 2.45) is 11.8 Å². The fourth-order valence-corrected chi connectivity index (χ4v) is 2.79. The van der Waals surface area contributed by atoms with Crippen LogP contribution in [0.15, 0.2) is 30.6 Å². The zero-order valence-corrected chi connectivity index (χ0v) is 16.3. The van der Waals surface area contributed by atoms with Crippen LogP contribution in [0.2, 0.25) is 0 Å².